The molecule has 0 aliphatic rings. The Morgan fingerprint density at radius 3 is 1.62 bits per heavy atom. The van der Waals surface area contributed by atoms with Crippen LogP contribution < -0.4 is 0 Å². The summed E-state index contributed by atoms with van der Waals surface area (Å²) in [5, 5.41) is 0.227. The van der Waals surface area contributed by atoms with Crippen molar-refractivity contribution in [2.45, 2.75) is 65.2 Å². The lowest BCUT2D eigenvalue weighted by Gasteiger charge is -1.95. The minimum Gasteiger partial charge on any atom is -0.288 e. The van der Waals surface area contributed by atoms with Crippen molar-refractivity contribution < 1.29 is 4.79 Å². The maximum atomic E-state index is 10.8. The number of hydrogen-bond donors (Lipinski definition) is 0. The van der Waals surface area contributed by atoms with Gasteiger partial charge in [0.1, 0.15) is 0 Å². The molecule has 0 saturated carbocycles. The molecule has 0 rings (SSSR count). The molecule has 24 heavy (non-hydrogen) atoms. The Hall–Kier alpha value is -1.28. The third-order valence-corrected chi connectivity index (χ3v) is 4.13. The summed E-state index contributed by atoms with van der Waals surface area (Å²) in [5.41, 5.74) is 0. The van der Waals surface area contributed by atoms with Gasteiger partial charge in [0.15, 0.2) is 5.12 Å². The van der Waals surface area contributed by atoms with Crippen molar-refractivity contribution in [3.8, 4) is 0 Å². The van der Waals surface area contributed by atoms with Crippen LogP contribution in [0.5, 0.6) is 0 Å². The van der Waals surface area contributed by atoms with Gasteiger partial charge in [-0.2, -0.15) is 0 Å². The van der Waals surface area contributed by atoms with Gasteiger partial charge >= 0.3 is 0 Å². The zero-order chi connectivity index (χ0) is 17.7. The van der Waals surface area contributed by atoms with Gasteiger partial charge in [0.05, 0.1) is 0 Å². The summed E-state index contributed by atoms with van der Waals surface area (Å²) < 4.78 is 0. The van der Waals surface area contributed by atoms with Gasteiger partial charge in [-0.25, -0.2) is 0 Å². The molecule has 0 N–H and O–H groups in total. The molecule has 0 atom stereocenters. The van der Waals surface area contributed by atoms with Gasteiger partial charge in [0, 0.05) is 12.7 Å². The summed E-state index contributed by atoms with van der Waals surface area (Å²) in [6.45, 7) is 3.79. The highest BCUT2D eigenvalue weighted by Crippen LogP contribution is 2.07. The summed E-state index contributed by atoms with van der Waals surface area (Å²) in [6, 6.07) is 0. The molecule has 0 aliphatic heterocycles. The van der Waals surface area contributed by atoms with Crippen LogP contribution in [-0.2, 0) is 4.79 Å². The summed E-state index contributed by atoms with van der Waals surface area (Å²) in [6.07, 6.45) is 30.8. The zero-order valence-corrected chi connectivity index (χ0v) is 16.3. The van der Waals surface area contributed by atoms with Crippen molar-refractivity contribution in [3.63, 3.8) is 0 Å². The van der Waals surface area contributed by atoms with E-state index in [1.165, 1.54) is 18.2 Å². The molecule has 0 aromatic heterocycles. The van der Waals surface area contributed by atoms with Gasteiger partial charge in [0.25, 0.3) is 0 Å². The monoisotopic (exact) mass is 346 g/mol. The molecule has 0 amide bonds. The molecule has 0 aromatic carbocycles. The van der Waals surface area contributed by atoms with E-state index < -0.39 is 0 Å². The topological polar surface area (TPSA) is 17.1 Å². The van der Waals surface area contributed by atoms with Gasteiger partial charge in [-0.15, -0.1) is 0 Å². The Labute approximate surface area is 153 Å². The quantitative estimate of drug-likeness (QED) is 0.244. The smallest absolute Gasteiger partial charge is 0.185 e. The van der Waals surface area contributed by atoms with Gasteiger partial charge in [-0.05, 0) is 51.4 Å². The lowest BCUT2D eigenvalue weighted by atomic mass is 10.2. The van der Waals surface area contributed by atoms with E-state index in [0.29, 0.717) is 0 Å². The van der Waals surface area contributed by atoms with Crippen LogP contribution in [0.15, 0.2) is 60.8 Å². The zero-order valence-electron chi connectivity index (χ0n) is 15.5. The third kappa shape index (κ3) is 20.7. The summed E-state index contributed by atoms with van der Waals surface area (Å²) >= 11 is 1.43. The van der Waals surface area contributed by atoms with E-state index in [9.17, 15) is 4.79 Å². The van der Waals surface area contributed by atoms with E-state index in [1.54, 1.807) is 6.92 Å². The minimum absolute atomic E-state index is 0.227. The SMILES string of the molecule is CC/C=C\C/C=C\C/C=C\C/C=C\C/C=C\CCCCSC(C)=O. The fraction of sp³-hybridized carbons (Fsp3) is 0.500. The average molecular weight is 347 g/mol. The number of thioether (sulfide) groups is 1. The van der Waals surface area contributed by atoms with Crippen LogP contribution >= 0.6 is 11.8 Å². The molecule has 0 bridgehead atoms. The highest BCUT2D eigenvalue weighted by molar-refractivity contribution is 8.13. The second-order valence-electron chi connectivity index (χ2n) is 5.54. The lowest BCUT2D eigenvalue weighted by Crippen LogP contribution is -1.85. The molecule has 134 valence electrons. The van der Waals surface area contributed by atoms with E-state index in [-0.39, 0.29) is 5.12 Å². The lowest BCUT2D eigenvalue weighted by molar-refractivity contribution is -0.109. The number of unbranched alkanes of at least 4 members (excludes halogenated alkanes) is 2. The van der Waals surface area contributed by atoms with Crippen LogP contribution in [-0.4, -0.2) is 10.9 Å². The molecule has 0 saturated heterocycles. The molecule has 0 unspecified atom stereocenters. The largest absolute Gasteiger partial charge is 0.288 e. The van der Waals surface area contributed by atoms with Crippen molar-refractivity contribution >= 4 is 16.9 Å². The summed E-state index contributed by atoms with van der Waals surface area (Å²) in [4.78, 5) is 10.8. The van der Waals surface area contributed by atoms with Gasteiger partial charge in [-0.1, -0.05) is 79.4 Å². The Morgan fingerprint density at radius 2 is 1.17 bits per heavy atom. The van der Waals surface area contributed by atoms with E-state index in [1.807, 2.05) is 0 Å². The Bertz CT molecular complexity index is 427. The van der Waals surface area contributed by atoms with Crippen molar-refractivity contribution in [1.82, 2.24) is 0 Å². The first-order valence-corrected chi connectivity index (χ1v) is 10.1. The van der Waals surface area contributed by atoms with Gasteiger partial charge in [0.2, 0.25) is 0 Å². The number of carbonyl (C=O) groups excluding carboxylic acids is 1. The molecule has 1 nitrogen and oxygen atoms in total. The third-order valence-electron chi connectivity index (χ3n) is 3.23. The van der Waals surface area contributed by atoms with E-state index >= 15 is 0 Å². The van der Waals surface area contributed by atoms with Gasteiger partial charge in [-0.3, -0.25) is 4.79 Å². The molecule has 0 spiro atoms. The van der Waals surface area contributed by atoms with Gasteiger partial charge < -0.3 is 0 Å². The molecule has 0 heterocycles. The summed E-state index contributed by atoms with van der Waals surface area (Å²) in [5.74, 6) is 0.958. The van der Waals surface area contributed by atoms with E-state index in [0.717, 1.165) is 50.7 Å². The van der Waals surface area contributed by atoms with Crippen LogP contribution in [0, 0.1) is 0 Å². The number of rotatable bonds is 14. The second kappa shape index (κ2) is 19.8. The molecular weight excluding hydrogens is 312 g/mol. The average Bonchev–Trinajstić information content (AvgIpc) is 2.56. The van der Waals surface area contributed by atoms with Crippen LogP contribution in [0.2, 0.25) is 0 Å². The van der Waals surface area contributed by atoms with Crippen LogP contribution in [0.4, 0.5) is 0 Å². The molecule has 0 aliphatic carbocycles. The standard InChI is InChI=1S/C22H34OS/c1-3-4-5-6-7-8-9-10-11-12-13-14-15-16-17-18-19-20-21-24-22(2)23/h4-5,7-8,10-11,13-14,16-17H,3,6,9,12,15,18-21H2,1-2H3/b5-4-,8-7-,11-10-,14-13-,17-16-. The second-order valence-corrected chi connectivity index (χ2v) is 6.82. The van der Waals surface area contributed by atoms with E-state index in [4.69, 9.17) is 0 Å². The highest BCUT2D eigenvalue weighted by atomic mass is 32.2. The number of carbonyl (C=O) groups is 1. The predicted octanol–water partition coefficient (Wildman–Crippen LogP) is 7.19. The minimum atomic E-state index is 0.227. The first-order chi connectivity index (χ1) is 11.8. The maximum absolute atomic E-state index is 10.8. The molecular formula is C22H34OS. The number of allylic oxidation sites excluding steroid dienone is 10. The summed E-state index contributed by atoms with van der Waals surface area (Å²) in [7, 11) is 0. The van der Waals surface area contributed by atoms with Crippen LogP contribution in [0.1, 0.15) is 65.2 Å². The molecule has 0 fully saturated rings. The van der Waals surface area contributed by atoms with Crippen molar-refractivity contribution in [1.29, 1.82) is 0 Å². The van der Waals surface area contributed by atoms with E-state index in [2.05, 4.69) is 67.7 Å². The fourth-order valence-corrected chi connectivity index (χ4v) is 2.58. The first-order valence-electron chi connectivity index (χ1n) is 9.15. The molecule has 0 aromatic rings. The van der Waals surface area contributed by atoms with Crippen molar-refractivity contribution in [3.05, 3.63) is 60.8 Å². The predicted molar refractivity (Wildman–Crippen MR) is 111 cm³/mol. The molecule has 2 heteroatoms. The van der Waals surface area contributed by atoms with Crippen LogP contribution in [0.3, 0.4) is 0 Å². The number of hydrogen-bond acceptors (Lipinski definition) is 2. The highest BCUT2D eigenvalue weighted by Gasteiger charge is 1.92. The Kier molecular flexibility index (Phi) is 18.7. The first kappa shape index (κ1) is 22.7. The maximum Gasteiger partial charge on any atom is 0.185 e. The Morgan fingerprint density at radius 1 is 0.708 bits per heavy atom. The molecule has 0 radical (unpaired) electrons. The van der Waals surface area contributed by atoms with Crippen molar-refractivity contribution in [2.75, 3.05) is 5.75 Å². The van der Waals surface area contributed by atoms with Crippen LogP contribution in [0.25, 0.3) is 0 Å². The fourth-order valence-electron chi connectivity index (χ4n) is 1.95. The normalized spacial score (nSPS) is 12.8. The Balaban J connectivity index is 3.42. The van der Waals surface area contributed by atoms with Crippen molar-refractivity contribution in [2.24, 2.45) is 0 Å².